The number of aromatic nitrogens is 2. The average molecular weight is 491 g/mol. The Hall–Kier alpha value is -3.17. The quantitative estimate of drug-likeness (QED) is 0.426. The lowest BCUT2D eigenvalue weighted by molar-refractivity contribution is -0.140. The molecule has 1 atom stereocenters. The highest BCUT2D eigenvalue weighted by molar-refractivity contribution is 8.05. The van der Waals surface area contributed by atoms with Crippen LogP contribution < -0.4 is 4.74 Å². The molecule has 33 heavy (non-hydrogen) atoms. The summed E-state index contributed by atoms with van der Waals surface area (Å²) in [6.45, 7) is 2.66. The van der Waals surface area contributed by atoms with Crippen LogP contribution in [-0.2, 0) is 19.4 Å². The van der Waals surface area contributed by atoms with Crippen molar-refractivity contribution in [2.75, 3.05) is 12.9 Å². The van der Waals surface area contributed by atoms with Crippen molar-refractivity contribution in [1.29, 1.82) is 0 Å². The van der Waals surface area contributed by atoms with E-state index >= 15 is 0 Å². The minimum atomic E-state index is -4.02. The van der Waals surface area contributed by atoms with E-state index in [0.29, 0.717) is 10.8 Å². The lowest BCUT2D eigenvalue weighted by Gasteiger charge is -2.28. The van der Waals surface area contributed by atoms with Crippen LogP contribution in [0.3, 0.4) is 0 Å². The van der Waals surface area contributed by atoms with E-state index in [1.807, 2.05) is 24.3 Å². The fourth-order valence-corrected chi connectivity index (χ4v) is 3.31. The largest absolute Gasteiger partial charge is 0.463 e. The first-order chi connectivity index (χ1) is 15.5. The highest BCUT2D eigenvalue weighted by atomic mass is 35.5. The van der Waals surface area contributed by atoms with Gasteiger partial charge in [0.25, 0.3) is 0 Å². The molecule has 8 nitrogen and oxygen atoms in total. The second-order valence-corrected chi connectivity index (χ2v) is 10.4. The number of ether oxygens (including phenoxy) is 2. The van der Waals surface area contributed by atoms with Crippen LogP contribution in [0.4, 0.5) is 4.79 Å². The molecule has 3 aromatic rings. The van der Waals surface area contributed by atoms with Crippen molar-refractivity contribution < 1.29 is 27.5 Å². The summed E-state index contributed by atoms with van der Waals surface area (Å²) < 4.78 is 35.0. The molecule has 0 N–H and O–H groups in total. The number of hydrogen-bond acceptors (Lipinski definition) is 7. The van der Waals surface area contributed by atoms with Crippen molar-refractivity contribution in [1.82, 2.24) is 9.55 Å². The summed E-state index contributed by atoms with van der Waals surface area (Å²) in [5.74, 6) is 0.00673. The minimum absolute atomic E-state index is 0.427. The summed E-state index contributed by atoms with van der Waals surface area (Å²) in [6.07, 6.45) is 4.15. The molecule has 174 valence electrons. The van der Waals surface area contributed by atoms with Gasteiger partial charge < -0.3 is 9.47 Å². The standard InChI is InChI=1S/C23H23ClN2O6S/c1-23(2,14-31-22(28)33(3,29)30)20(27)21(26-13-12-25-15-26)32-19-10-6-17(7-11-19)16-4-8-18(24)9-5-16/h4-13,15,21H,14H2,1-3H3. The van der Waals surface area contributed by atoms with E-state index in [9.17, 15) is 18.0 Å². The van der Waals surface area contributed by atoms with Crippen LogP contribution in [0.1, 0.15) is 20.1 Å². The monoisotopic (exact) mass is 490 g/mol. The molecule has 0 saturated carbocycles. The van der Waals surface area contributed by atoms with Crippen LogP contribution in [0.2, 0.25) is 5.02 Å². The van der Waals surface area contributed by atoms with E-state index in [-0.39, 0.29) is 0 Å². The predicted octanol–water partition coefficient (Wildman–Crippen LogP) is 4.56. The van der Waals surface area contributed by atoms with Gasteiger partial charge in [-0.2, -0.15) is 0 Å². The van der Waals surface area contributed by atoms with Gasteiger partial charge in [0.05, 0.1) is 18.0 Å². The maximum Gasteiger partial charge on any atom is 0.424 e. The molecule has 0 aliphatic carbocycles. The number of halogens is 1. The van der Waals surface area contributed by atoms with Crippen LogP contribution in [-0.4, -0.2) is 41.9 Å². The zero-order chi connectivity index (χ0) is 24.2. The SMILES string of the molecule is CC(C)(COC(=O)S(C)(=O)=O)C(=O)C(Oc1ccc(-c2ccc(Cl)cc2)cc1)n1ccnc1. The molecule has 0 radical (unpaired) electrons. The van der Waals surface area contributed by atoms with Gasteiger partial charge in [-0.25, -0.2) is 18.2 Å². The first-order valence-electron chi connectivity index (χ1n) is 9.88. The second-order valence-electron chi connectivity index (χ2n) is 8.07. The van der Waals surface area contributed by atoms with Crippen molar-refractivity contribution in [2.24, 2.45) is 5.41 Å². The number of Topliss-reactive ketones (excluding diaryl/α,β-unsaturated/α-hetero) is 1. The molecular formula is C23H23ClN2O6S. The summed E-state index contributed by atoms with van der Waals surface area (Å²) in [6, 6.07) is 14.6. The summed E-state index contributed by atoms with van der Waals surface area (Å²) in [7, 11) is -4.02. The molecule has 0 aliphatic heterocycles. The van der Waals surface area contributed by atoms with Crippen molar-refractivity contribution >= 4 is 32.5 Å². The number of benzene rings is 2. The topological polar surface area (TPSA) is 105 Å². The maximum absolute atomic E-state index is 13.3. The summed E-state index contributed by atoms with van der Waals surface area (Å²) >= 11 is 5.94. The first kappa shape index (κ1) is 24.5. The Morgan fingerprint density at radius 2 is 1.64 bits per heavy atom. The number of carbonyl (C=O) groups is 2. The Balaban J connectivity index is 1.79. The lowest BCUT2D eigenvalue weighted by atomic mass is 9.88. The van der Waals surface area contributed by atoms with Gasteiger partial charge in [0.2, 0.25) is 21.8 Å². The fourth-order valence-electron chi connectivity index (χ4n) is 2.91. The lowest BCUT2D eigenvalue weighted by Crippen LogP contribution is -2.39. The molecule has 0 amide bonds. The van der Waals surface area contributed by atoms with E-state index in [0.717, 1.165) is 17.4 Å². The van der Waals surface area contributed by atoms with Crippen molar-refractivity contribution in [3.05, 3.63) is 72.3 Å². The number of hydrogen-bond donors (Lipinski definition) is 0. The Morgan fingerprint density at radius 1 is 1.06 bits per heavy atom. The van der Waals surface area contributed by atoms with E-state index in [4.69, 9.17) is 21.1 Å². The predicted molar refractivity (Wildman–Crippen MR) is 124 cm³/mol. The van der Waals surface area contributed by atoms with Gasteiger partial charge in [-0.15, -0.1) is 0 Å². The molecule has 0 fully saturated rings. The van der Waals surface area contributed by atoms with E-state index < -0.39 is 39.2 Å². The van der Waals surface area contributed by atoms with Gasteiger partial charge in [0.15, 0.2) is 0 Å². The third-order valence-electron chi connectivity index (χ3n) is 4.82. The zero-order valence-corrected chi connectivity index (χ0v) is 19.8. The van der Waals surface area contributed by atoms with Crippen LogP contribution in [0.5, 0.6) is 5.75 Å². The number of carbonyl (C=O) groups excluding carboxylic acids is 2. The Bertz CT molecular complexity index is 1220. The Labute approximate surface area is 197 Å². The maximum atomic E-state index is 13.3. The number of imidazole rings is 1. The summed E-state index contributed by atoms with van der Waals surface area (Å²) in [5, 5.41) is -0.744. The molecule has 3 rings (SSSR count). The van der Waals surface area contributed by atoms with E-state index in [2.05, 4.69) is 4.98 Å². The molecule has 1 heterocycles. The first-order valence-corrected chi connectivity index (χ1v) is 12.2. The highest BCUT2D eigenvalue weighted by Gasteiger charge is 2.38. The highest BCUT2D eigenvalue weighted by Crippen LogP contribution is 2.30. The van der Waals surface area contributed by atoms with Gasteiger partial charge in [-0.1, -0.05) is 35.9 Å². The van der Waals surface area contributed by atoms with E-state index in [1.165, 1.54) is 17.1 Å². The summed E-state index contributed by atoms with van der Waals surface area (Å²) in [5.41, 5.74) is 0.679. The third-order valence-corrected chi connectivity index (χ3v) is 5.80. The van der Waals surface area contributed by atoms with Crippen molar-refractivity contribution in [2.45, 2.75) is 20.1 Å². The second kappa shape index (κ2) is 9.76. The number of nitrogens with zero attached hydrogens (tertiary/aromatic N) is 2. The van der Waals surface area contributed by atoms with Crippen LogP contribution in [0.15, 0.2) is 67.3 Å². The van der Waals surface area contributed by atoms with E-state index in [1.54, 1.807) is 44.3 Å². The number of rotatable bonds is 8. The van der Waals surface area contributed by atoms with Crippen molar-refractivity contribution in [3.8, 4) is 16.9 Å². The number of sulfone groups is 1. The fraction of sp³-hybridized carbons (Fsp3) is 0.261. The molecule has 10 heteroatoms. The smallest absolute Gasteiger partial charge is 0.424 e. The van der Waals surface area contributed by atoms with Gasteiger partial charge in [0, 0.05) is 17.4 Å². The molecule has 2 aromatic carbocycles. The molecule has 0 spiro atoms. The zero-order valence-electron chi connectivity index (χ0n) is 18.3. The van der Waals surface area contributed by atoms with Gasteiger partial charge in [0.1, 0.15) is 12.4 Å². The molecule has 1 aromatic heterocycles. The van der Waals surface area contributed by atoms with Gasteiger partial charge in [-0.05, 0) is 49.2 Å². The summed E-state index contributed by atoms with van der Waals surface area (Å²) in [4.78, 5) is 28.9. The third kappa shape index (κ3) is 6.21. The Morgan fingerprint density at radius 3 is 2.15 bits per heavy atom. The van der Waals surface area contributed by atoms with Crippen LogP contribution in [0.25, 0.3) is 11.1 Å². The number of ketones is 1. The van der Waals surface area contributed by atoms with Crippen LogP contribution in [0, 0.1) is 5.41 Å². The average Bonchev–Trinajstić information content (AvgIpc) is 3.30. The van der Waals surface area contributed by atoms with Crippen LogP contribution >= 0.6 is 11.6 Å². The normalized spacial score (nSPS) is 12.7. The molecule has 0 bridgehead atoms. The Kier molecular flexibility index (Phi) is 7.24. The minimum Gasteiger partial charge on any atom is -0.463 e. The molecular weight excluding hydrogens is 468 g/mol. The molecule has 0 saturated heterocycles. The molecule has 1 unspecified atom stereocenters. The van der Waals surface area contributed by atoms with Gasteiger partial charge in [-0.3, -0.25) is 9.36 Å². The van der Waals surface area contributed by atoms with Crippen molar-refractivity contribution in [3.63, 3.8) is 0 Å². The van der Waals surface area contributed by atoms with Gasteiger partial charge >= 0.3 is 5.30 Å². The molecule has 0 aliphatic rings.